The summed E-state index contributed by atoms with van der Waals surface area (Å²) in [6, 6.07) is 11.0. The molecule has 2 N–H and O–H groups in total. The molecule has 0 bridgehead atoms. The fourth-order valence-electron chi connectivity index (χ4n) is 2.42. The van der Waals surface area contributed by atoms with Crippen LogP contribution < -0.4 is 10.1 Å². The quantitative estimate of drug-likeness (QED) is 0.613. The van der Waals surface area contributed by atoms with E-state index in [1.807, 2.05) is 12.1 Å². The number of H-pyrrole nitrogens is 1. The average Bonchev–Trinajstić information content (AvgIpc) is 3.06. The first-order chi connectivity index (χ1) is 12.9. The topological polar surface area (TPSA) is 80.4 Å². The Labute approximate surface area is 157 Å². The van der Waals surface area contributed by atoms with Crippen molar-refractivity contribution < 1.29 is 27.8 Å². The first kappa shape index (κ1) is 18.7. The second kappa shape index (κ2) is 8.05. The Morgan fingerprint density at radius 2 is 1.96 bits per heavy atom. The number of para-hydroxylation sites is 1. The Hall–Kier alpha value is -3.13. The summed E-state index contributed by atoms with van der Waals surface area (Å²) < 4.78 is 33.6. The molecular weight excluding hydrogens is 382 g/mol. The van der Waals surface area contributed by atoms with Gasteiger partial charge in [0.05, 0.1) is 10.6 Å². The summed E-state index contributed by atoms with van der Waals surface area (Å²) in [6.07, 6.45) is 1.51. The molecule has 2 aromatic carbocycles. The molecule has 1 aromatic heterocycles. The standard InChI is InChI=1S/C18H13ClF2N2O4/c19-13-7-10(5-6-15(13)27-18(20)21)23-16(24)9-26-17(25)12-8-22-14-4-2-1-3-11(12)14/h1-8,18,22H,9H2,(H,23,24). The second-order valence-electron chi connectivity index (χ2n) is 5.40. The third-order valence-electron chi connectivity index (χ3n) is 3.58. The number of anilines is 1. The first-order valence-electron chi connectivity index (χ1n) is 7.71. The van der Waals surface area contributed by atoms with Crippen LogP contribution in [-0.4, -0.2) is 30.1 Å². The fraction of sp³-hybridized carbons (Fsp3) is 0.111. The van der Waals surface area contributed by atoms with Gasteiger partial charge >= 0.3 is 12.6 Å². The van der Waals surface area contributed by atoms with Crippen LogP contribution in [0.25, 0.3) is 10.9 Å². The average molecular weight is 395 g/mol. The van der Waals surface area contributed by atoms with E-state index in [1.165, 1.54) is 24.4 Å². The van der Waals surface area contributed by atoms with Crippen LogP contribution >= 0.6 is 11.6 Å². The number of fused-ring (bicyclic) bond motifs is 1. The molecule has 0 fully saturated rings. The van der Waals surface area contributed by atoms with Crippen molar-refractivity contribution in [2.45, 2.75) is 6.61 Å². The molecule has 0 atom stereocenters. The maximum Gasteiger partial charge on any atom is 0.387 e. The number of nitrogens with one attached hydrogen (secondary N) is 2. The van der Waals surface area contributed by atoms with Crippen molar-refractivity contribution in [3.05, 3.63) is 59.2 Å². The molecule has 0 aliphatic heterocycles. The van der Waals surface area contributed by atoms with E-state index in [-0.39, 0.29) is 16.5 Å². The number of esters is 1. The number of amides is 1. The van der Waals surface area contributed by atoms with Crippen LogP contribution in [0.1, 0.15) is 10.4 Å². The maximum atomic E-state index is 12.2. The van der Waals surface area contributed by atoms with Gasteiger partial charge in [-0.2, -0.15) is 8.78 Å². The smallest absolute Gasteiger partial charge is 0.387 e. The predicted molar refractivity (Wildman–Crippen MR) is 95.3 cm³/mol. The highest BCUT2D eigenvalue weighted by Gasteiger charge is 2.15. The molecule has 0 aliphatic rings. The van der Waals surface area contributed by atoms with Gasteiger partial charge in [0.2, 0.25) is 0 Å². The van der Waals surface area contributed by atoms with Crippen LogP contribution in [0, 0.1) is 0 Å². The van der Waals surface area contributed by atoms with Gasteiger partial charge in [0.25, 0.3) is 5.91 Å². The minimum Gasteiger partial charge on any atom is -0.452 e. The highest BCUT2D eigenvalue weighted by Crippen LogP contribution is 2.29. The summed E-state index contributed by atoms with van der Waals surface area (Å²) in [7, 11) is 0. The van der Waals surface area contributed by atoms with Crippen LogP contribution in [0.2, 0.25) is 5.02 Å². The normalized spacial score (nSPS) is 10.8. The molecule has 0 saturated carbocycles. The van der Waals surface area contributed by atoms with Gasteiger partial charge in [-0.3, -0.25) is 4.79 Å². The molecule has 0 radical (unpaired) electrons. The van der Waals surface area contributed by atoms with Crippen molar-refractivity contribution in [1.82, 2.24) is 4.98 Å². The number of alkyl halides is 2. The second-order valence-corrected chi connectivity index (χ2v) is 5.80. The Kier molecular flexibility index (Phi) is 5.56. The summed E-state index contributed by atoms with van der Waals surface area (Å²) in [4.78, 5) is 27.0. The molecule has 1 amide bonds. The van der Waals surface area contributed by atoms with E-state index in [9.17, 15) is 18.4 Å². The predicted octanol–water partition coefficient (Wildman–Crippen LogP) is 4.22. The summed E-state index contributed by atoms with van der Waals surface area (Å²) in [5.41, 5.74) is 1.33. The minimum absolute atomic E-state index is 0.0936. The van der Waals surface area contributed by atoms with Crippen LogP contribution in [0.3, 0.4) is 0 Å². The van der Waals surface area contributed by atoms with Crippen molar-refractivity contribution >= 4 is 40.1 Å². The molecule has 6 nitrogen and oxygen atoms in total. The van der Waals surface area contributed by atoms with Gasteiger partial charge in [-0.05, 0) is 24.3 Å². The van der Waals surface area contributed by atoms with E-state index in [4.69, 9.17) is 16.3 Å². The number of hydrogen-bond donors (Lipinski definition) is 2. The Morgan fingerprint density at radius 3 is 2.70 bits per heavy atom. The number of benzene rings is 2. The molecule has 3 rings (SSSR count). The lowest BCUT2D eigenvalue weighted by atomic mass is 10.2. The monoisotopic (exact) mass is 394 g/mol. The number of aromatic nitrogens is 1. The molecule has 0 spiro atoms. The van der Waals surface area contributed by atoms with Crippen LogP contribution in [0.5, 0.6) is 5.75 Å². The highest BCUT2D eigenvalue weighted by molar-refractivity contribution is 6.32. The molecule has 3 aromatic rings. The number of hydrogen-bond acceptors (Lipinski definition) is 4. The van der Waals surface area contributed by atoms with Gasteiger partial charge in [-0.1, -0.05) is 29.8 Å². The first-order valence-corrected chi connectivity index (χ1v) is 8.09. The molecule has 0 unspecified atom stereocenters. The van der Waals surface area contributed by atoms with E-state index >= 15 is 0 Å². The Morgan fingerprint density at radius 1 is 1.19 bits per heavy atom. The zero-order valence-corrected chi connectivity index (χ0v) is 14.4. The van der Waals surface area contributed by atoms with E-state index < -0.39 is 25.1 Å². The van der Waals surface area contributed by atoms with Gasteiger partial charge < -0.3 is 19.8 Å². The number of ether oxygens (including phenoxy) is 2. The summed E-state index contributed by atoms with van der Waals surface area (Å²) in [5.74, 6) is -1.47. The van der Waals surface area contributed by atoms with Gasteiger partial charge in [0, 0.05) is 22.8 Å². The Bertz CT molecular complexity index is 990. The van der Waals surface area contributed by atoms with Crippen LogP contribution in [-0.2, 0) is 9.53 Å². The largest absolute Gasteiger partial charge is 0.452 e. The number of aromatic amines is 1. The molecular formula is C18H13ClF2N2O4. The summed E-state index contributed by atoms with van der Waals surface area (Å²) in [5, 5.41) is 3.04. The lowest BCUT2D eigenvalue weighted by molar-refractivity contribution is -0.119. The van der Waals surface area contributed by atoms with E-state index in [1.54, 1.807) is 12.1 Å². The van der Waals surface area contributed by atoms with Gasteiger partial charge in [-0.25, -0.2) is 4.79 Å². The van der Waals surface area contributed by atoms with Gasteiger partial charge in [0.1, 0.15) is 5.75 Å². The molecule has 0 aliphatic carbocycles. The number of rotatable bonds is 6. The van der Waals surface area contributed by atoms with Crippen molar-refractivity contribution in [3.8, 4) is 5.75 Å². The minimum atomic E-state index is -3.01. The number of carbonyl (C=O) groups excluding carboxylic acids is 2. The van der Waals surface area contributed by atoms with Crippen LogP contribution in [0.15, 0.2) is 48.7 Å². The summed E-state index contributed by atoms with van der Waals surface area (Å²) >= 11 is 5.81. The third-order valence-corrected chi connectivity index (χ3v) is 3.87. The van der Waals surface area contributed by atoms with E-state index in [0.717, 1.165) is 5.52 Å². The Balaban J connectivity index is 1.58. The highest BCUT2D eigenvalue weighted by atomic mass is 35.5. The molecule has 140 valence electrons. The fourth-order valence-corrected chi connectivity index (χ4v) is 2.64. The maximum absolute atomic E-state index is 12.2. The summed E-state index contributed by atoms with van der Waals surface area (Å²) in [6.45, 7) is -3.53. The third kappa shape index (κ3) is 4.53. The van der Waals surface area contributed by atoms with Crippen LogP contribution in [0.4, 0.5) is 14.5 Å². The van der Waals surface area contributed by atoms with Crippen molar-refractivity contribution in [1.29, 1.82) is 0 Å². The molecule has 0 saturated heterocycles. The van der Waals surface area contributed by atoms with Crippen molar-refractivity contribution in [2.75, 3.05) is 11.9 Å². The van der Waals surface area contributed by atoms with E-state index in [2.05, 4.69) is 15.0 Å². The number of carbonyl (C=O) groups is 2. The SMILES string of the molecule is O=C(COC(=O)c1c[nH]c2ccccc12)Nc1ccc(OC(F)F)c(Cl)c1. The zero-order chi connectivity index (χ0) is 19.4. The van der Waals surface area contributed by atoms with Crippen molar-refractivity contribution in [2.24, 2.45) is 0 Å². The molecule has 9 heteroatoms. The van der Waals surface area contributed by atoms with Gasteiger partial charge in [-0.15, -0.1) is 0 Å². The molecule has 1 heterocycles. The lowest BCUT2D eigenvalue weighted by Crippen LogP contribution is -2.20. The zero-order valence-electron chi connectivity index (χ0n) is 13.7. The molecule has 27 heavy (non-hydrogen) atoms. The lowest BCUT2D eigenvalue weighted by Gasteiger charge is -2.10. The van der Waals surface area contributed by atoms with Crippen molar-refractivity contribution in [3.63, 3.8) is 0 Å². The van der Waals surface area contributed by atoms with Gasteiger partial charge in [0.15, 0.2) is 6.61 Å². The van der Waals surface area contributed by atoms with E-state index in [0.29, 0.717) is 10.9 Å². The number of halogens is 3.